The average Bonchev–Trinajstić information content (AvgIpc) is 3.42. The van der Waals surface area contributed by atoms with E-state index in [1.807, 2.05) is 42.5 Å². The highest BCUT2D eigenvalue weighted by Crippen LogP contribution is 2.45. The molecule has 4 nitrogen and oxygen atoms in total. The van der Waals surface area contributed by atoms with Crippen LogP contribution in [0.2, 0.25) is 0 Å². The van der Waals surface area contributed by atoms with Crippen LogP contribution in [0.25, 0.3) is 0 Å². The number of amides is 1. The molecule has 0 saturated heterocycles. The molecule has 1 aliphatic carbocycles. The minimum absolute atomic E-state index is 0.149. The highest BCUT2D eigenvalue weighted by molar-refractivity contribution is 5.80. The van der Waals surface area contributed by atoms with Gasteiger partial charge in [-0.25, -0.2) is 0 Å². The summed E-state index contributed by atoms with van der Waals surface area (Å²) in [6, 6.07) is 26.7. The molecule has 1 fully saturated rings. The molecule has 0 spiro atoms. The van der Waals surface area contributed by atoms with Crippen molar-refractivity contribution in [2.45, 2.75) is 31.3 Å². The highest BCUT2D eigenvalue weighted by atomic mass is 16.7. The summed E-state index contributed by atoms with van der Waals surface area (Å²) in [5, 5.41) is 0. The molecule has 3 aromatic carbocycles. The third kappa shape index (κ3) is 3.83. The normalized spacial score (nSPS) is 19.0. The van der Waals surface area contributed by atoms with E-state index in [-0.39, 0.29) is 18.7 Å². The lowest BCUT2D eigenvalue weighted by molar-refractivity contribution is -0.131. The quantitative estimate of drug-likeness (QED) is 0.625. The van der Waals surface area contributed by atoms with Gasteiger partial charge in [0.2, 0.25) is 12.7 Å². The Balaban J connectivity index is 1.36. The summed E-state index contributed by atoms with van der Waals surface area (Å²) in [4.78, 5) is 15.4. The zero-order chi connectivity index (χ0) is 19.6. The molecule has 2 aliphatic rings. The van der Waals surface area contributed by atoms with Gasteiger partial charge in [0, 0.05) is 18.5 Å². The van der Waals surface area contributed by atoms with E-state index in [0.29, 0.717) is 18.9 Å². The van der Waals surface area contributed by atoms with E-state index >= 15 is 0 Å². The average molecular weight is 385 g/mol. The fourth-order valence-electron chi connectivity index (χ4n) is 4.08. The van der Waals surface area contributed by atoms with Crippen LogP contribution < -0.4 is 9.47 Å². The number of benzene rings is 3. The summed E-state index contributed by atoms with van der Waals surface area (Å²) < 4.78 is 10.8. The maximum absolute atomic E-state index is 13.3. The van der Waals surface area contributed by atoms with Crippen LogP contribution in [0.15, 0.2) is 78.9 Å². The third-order valence-corrected chi connectivity index (χ3v) is 5.69. The van der Waals surface area contributed by atoms with Crippen LogP contribution in [0.5, 0.6) is 11.5 Å². The van der Waals surface area contributed by atoms with Gasteiger partial charge in [-0.2, -0.15) is 0 Å². The van der Waals surface area contributed by atoms with E-state index in [1.165, 1.54) is 5.56 Å². The second kappa shape index (κ2) is 7.63. The molecule has 2 atom stereocenters. The Kier molecular flexibility index (Phi) is 4.68. The number of nitrogens with zero attached hydrogens (tertiary/aromatic N) is 1. The van der Waals surface area contributed by atoms with E-state index in [9.17, 15) is 4.79 Å². The molecule has 29 heavy (non-hydrogen) atoms. The molecule has 4 heteroatoms. The van der Waals surface area contributed by atoms with Crippen LogP contribution in [-0.4, -0.2) is 23.6 Å². The molecule has 1 saturated carbocycles. The number of carbonyl (C=O) groups is 1. The Morgan fingerprint density at radius 1 is 0.862 bits per heavy atom. The minimum atomic E-state index is 0.149. The van der Waals surface area contributed by atoms with Crippen LogP contribution in [0.4, 0.5) is 0 Å². The minimum Gasteiger partial charge on any atom is -0.454 e. The van der Waals surface area contributed by atoms with Gasteiger partial charge in [0.25, 0.3) is 0 Å². The number of rotatable bonds is 6. The van der Waals surface area contributed by atoms with Crippen molar-refractivity contribution in [2.75, 3.05) is 6.79 Å². The first kappa shape index (κ1) is 17.8. The third-order valence-electron chi connectivity index (χ3n) is 5.69. The van der Waals surface area contributed by atoms with Crippen molar-refractivity contribution < 1.29 is 14.3 Å². The molecule has 1 heterocycles. The maximum Gasteiger partial charge on any atom is 0.231 e. The van der Waals surface area contributed by atoms with Crippen molar-refractivity contribution in [3.05, 3.63) is 95.6 Å². The first-order valence-electron chi connectivity index (χ1n) is 10.0. The van der Waals surface area contributed by atoms with Crippen molar-refractivity contribution >= 4 is 5.91 Å². The Morgan fingerprint density at radius 3 is 2.38 bits per heavy atom. The van der Waals surface area contributed by atoms with Crippen LogP contribution in [0, 0.1) is 0 Å². The number of hydrogen-bond acceptors (Lipinski definition) is 3. The molecular weight excluding hydrogens is 362 g/mol. The lowest BCUT2D eigenvalue weighted by Crippen LogP contribution is -2.34. The molecule has 3 aromatic rings. The summed E-state index contributed by atoms with van der Waals surface area (Å²) in [6.07, 6.45) is 1.38. The summed E-state index contributed by atoms with van der Waals surface area (Å²) in [7, 11) is 0. The Labute approximate surface area is 170 Å². The molecule has 146 valence electrons. The molecule has 0 bridgehead atoms. The van der Waals surface area contributed by atoms with Gasteiger partial charge in [-0.1, -0.05) is 66.7 Å². The monoisotopic (exact) mass is 385 g/mol. The number of fused-ring (bicyclic) bond motifs is 1. The number of hydrogen-bond donors (Lipinski definition) is 0. The first-order valence-corrected chi connectivity index (χ1v) is 10.0. The van der Waals surface area contributed by atoms with Gasteiger partial charge in [-0.15, -0.1) is 0 Å². The van der Waals surface area contributed by atoms with Gasteiger partial charge >= 0.3 is 0 Å². The molecule has 0 N–H and O–H groups in total. The molecule has 0 unspecified atom stereocenters. The Bertz CT molecular complexity index is 1000. The fraction of sp³-hybridized carbons (Fsp3) is 0.240. The van der Waals surface area contributed by atoms with Crippen LogP contribution >= 0.6 is 0 Å². The van der Waals surface area contributed by atoms with Gasteiger partial charge in [-0.05, 0) is 35.2 Å². The van der Waals surface area contributed by atoms with Crippen molar-refractivity contribution in [1.82, 2.24) is 4.90 Å². The predicted molar refractivity (Wildman–Crippen MR) is 111 cm³/mol. The summed E-state index contributed by atoms with van der Waals surface area (Å²) >= 11 is 0. The molecule has 0 radical (unpaired) electrons. The van der Waals surface area contributed by atoms with E-state index < -0.39 is 0 Å². The van der Waals surface area contributed by atoms with Crippen molar-refractivity contribution in [3.8, 4) is 11.5 Å². The molecule has 1 amide bonds. The maximum atomic E-state index is 13.3. The van der Waals surface area contributed by atoms with Crippen molar-refractivity contribution in [1.29, 1.82) is 0 Å². The van der Waals surface area contributed by atoms with E-state index in [0.717, 1.165) is 29.0 Å². The van der Waals surface area contributed by atoms with Gasteiger partial charge < -0.3 is 14.4 Å². The second-order valence-electron chi connectivity index (χ2n) is 7.69. The van der Waals surface area contributed by atoms with Crippen molar-refractivity contribution in [2.24, 2.45) is 0 Å². The standard InChI is InChI=1S/C25H23NO3/c27-25(14-19-11-12-23-24(13-19)29-17-28-23)26(16-18-7-3-1-4-8-18)22-15-21(22)20-9-5-2-6-10-20/h1-13,21-22H,14-17H2/t21-,22+/m1/s1. The Hall–Kier alpha value is -3.27. The Morgan fingerprint density at radius 2 is 1.59 bits per heavy atom. The highest BCUT2D eigenvalue weighted by Gasteiger charge is 2.44. The SMILES string of the molecule is O=C(Cc1ccc2c(c1)OCO2)N(Cc1ccccc1)[C@H]1C[C@@H]1c1ccccc1. The van der Waals surface area contributed by atoms with Gasteiger partial charge in [-0.3, -0.25) is 4.79 Å². The lowest BCUT2D eigenvalue weighted by atomic mass is 10.1. The zero-order valence-electron chi connectivity index (χ0n) is 16.2. The van der Waals surface area contributed by atoms with Crippen LogP contribution in [-0.2, 0) is 17.8 Å². The van der Waals surface area contributed by atoms with Crippen LogP contribution in [0.1, 0.15) is 29.0 Å². The fourth-order valence-corrected chi connectivity index (χ4v) is 4.08. The zero-order valence-corrected chi connectivity index (χ0v) is 16.2. The largest absolute Gasteiger partial charge is 0.454 e. The number of carbonyl (C=O) groups excluding carboxylic acids is 1. The predicted octanol–water partition coefficient (Wildman–Crippen LogP) is 4.54. The second-order valence-corrected chi connectivity index (χ2v) is 7.69. The molecular formula is C25H23NO3. The van der Waals surface area contributed by atoms with Crippen molar-refractivity contribution in [3.63, 3.8) is 0 Å². The van der Waals surface area contributed by atoms with E-state index in [4.69, 9.17) is 9.47 Å². The van der Waals surface area contributed by atoms with Gasteiger partial charge in [0.15, 0.2) is 11.5 Å². The lowest BCUT2D eigenvalue weighted by Gasteiger charge is -2.24. The number of ether oxygens (including phenoxy) is 2. The summed E-state index contributed by atoms with van der Waals surface area (Å²) in [6.45, 7) is 0.881. The summed E-state index contributed by atoms with van der Waals surface area (Å²) in [5.41, 5.74) is 3.42. The van der Waals surface area contributed by atoms with Gasteiger partial charge in [0.1, 0.15) is 0 Å². The molecule has 1 aliphatic heterocycles. The van der Waals surface area contributed by atoms with Gasteiger partial charge in [0.05, 0.1) is 6.42 Å². The summed E-state index contributed by atoms with van der Waals surface area (Å²) in [5.74, 6) is 2.03. The van der Waals surface area contributed by atoms with E-state index in [1.54, 1.807) is 0 Å². The first-order chi connectivity index (χ1) is 14.3. The van der Waals surface area contributed by atoms with E-state index in [2.05, 4.69) is 41.3 Å². The molecule has 0 aromatic heterocycles. The smallest absolute Gasteiger partial charge is 0.231 e. The van der Waals surface area contributed by atoms with Crippen LogP contribution in [0.3, 0.4) is 0 Å². The molecule has 5 rings (SSSR count). The topological polar surface area (TPSA) is 38.8 Å².